The first kappa shape index (κ1) is 11.7. The molecule has 0 bridgehead atoms. The predicted octanol–water partition coefficient (Wildman–Crippen LogP) is 2.99. The molecule has 80 valence electrons. The molecule has 0 aliphatic heterocycles. The average molecular weight is 214 g/mol. The van der Waals surface area contributed by atoms with Crippen LogP contribution in [-0.2, 0) is 4.74 Å². The fourth-order valence-electron chi connectivity index (χ4n) is 1.17. The quantitative estimate of drug-likeness (QED) is 0.707. The van der Waals surface area contributed by atoms with E-state index in [-0.39, 0.29) is 6.10 Å². The summed E-state index contributed by atoms with van der Waals surface area (Å²) in [4.78, 5) is 0. The summed E-state index contributed by atoms with van der Waals surface area (Å²) in [5.74, 6) is 0. The SMILES string of the molecule is CCCCOCCC(O)c1ccsc1. The Morgan fingerprint density at radius 1 is 1.50 bits per heavy atom. The van der Waals surface area contributed by atoms with E-state index in [2.05, 4.69) is 6.92 Å². The average Bonchev–Trinajstić information content (AvgIpc) is 2.70. The van der Waals surface area contributed by atoms with Crippen LogP contribution in [0.25, 0.3) is 0 Å². The number of rotatable bonds is 7. The molecule has 0 aromatic carbocycles. The van der Waals surface area contributed by atoms with Crippen molar-refractivity contribution in [3.8, 4) is 0 Å². The monoisotopic (exact) mass is 214 g/mol. The lowest BCUT2D eigenvalue weighted by Gasteiger charge is -2.08. The van der Waals surface area contributed by atoms with Crippen LogP contribution < -0.4 is 0 Å². The normalized spacial score (nSPS) is 13.0. The van der Waals surface area contributed by atoms with Crippen LogP contribution in [-0.4, -0.2) is 18.3 Å². The van der Waals surface area contributed by atoms with Gasteiger partial charge in [0.1, 0.15) is 0 Å². The van der Waals surface area contributed by atoms with Crippen LogP contribution in [0.5, 0.6) is 0 Å². The van der Waals surface area contributed by atoms with Gasteiger partial charge in [0.15, 0.2) is 0 Å². The van der Waals surface area contributed by atoms with Gasteiger partial charge in [0, 0.05) is 19.6 Å². The summed E-state index contributed by atoms with van der Waals surface area (Å²) in [5.41, 5.74) is 1.01. The van der Waals surface area contributed by atoms with Crippen molar-refractivity contribution in [2.24, 2.45) is 0 Å². The largest absolute Gasteiger partial charge is 0.388 e. The standard InChI is InChI=1S/C11H18O2S/c1-2-3-6-13-7-4-11(12)10-5-8-14-9-10/h5,8-9,11-12H,2-4,6-7H2,1H3. The summed E-state index contributed by atoms with van der Waals surface area (Å²) in [5, 5.41) is 13.7. The molecule has 3 heteroatoms. The molecule has 1 aromatic heterocycles. The van der Waals surface area contributed by atoms with Gasteiger partial charge in [-0.3, -0.25) is 0 Å². The van der Waals surface area contributed by atoms with Gasteiger partial charge in [-0.05, 0) is 28.8 Å². The van der Waals surface area contributed by atoms with Gasteiger partial charge in [0.25, 0.3) is 0 Å². The molecule has 0 amide bonds. The molecule has 1 heterocycles. The van der Waals surface area contributed by atoms with Gasteiger partial charge in [0.05, 0.1) is 6.10 Å². The Labute approximate surface area is 89.5 Å². The van der Waals surface area contributed by atoms with E-state index >= 15 is 0 Å². The molecule has 0 saturated carbocycles. The Hall–Kier alpha value is -0.380. The number of aliphatic hydroxyl groups excluding tert-OH is 1. The maximum Gasteiger partial charge on any atom is 0.0820 e. The van der Waals surface area contributed by atoms with Crippen LogP contribution in [0.15, 0.2) is 16.8 Å². The van der Waals surface area contributed by atoms with E-state index in [1.165, 1.54) is 0 Å². The van der Waals surface area contributed by atoms with Crippen molar-refractivity contribution in [1.82, 2.24) is 0 Å². The van der Waals surface area contributed by atoms with E-state index in [4.69, 9.17) is 4.74 Å². The molecular weight excluding hydrogens is 196 g/mol. The number of hydrogen-bond donors (Lipinski definition) is 1. The Kier molecular flexibility index (Phi) is 5.83. The number of unbranched alkanes of at least 4 members (excludes halogenated alkanes) is 1. The number of hydrogen-bond acceptors (Lipinski definition) is 3. The molecule has 0 saturated heterocycles. The van der Waals surface area contributed by atoms with Gasteiger partial charge in [-0.2, -0.15) is 11.3 Å². The van der Waals surface area contributed by atoms with E-state index in [9.17, 15) is 5.11 Å². The lowest BCUT2D eigenvalue weighted by Crippen LogP contribution is -2.03. The minimum absolute atomic E-state index is 0.358. The fraction of sp³-hybridized carbons (Fsp3) is 0.636. The van der Waals surface area contributed by atoms with Gasteiger partial charge in [-0.15, -0.1) is 0 Å². The zero-order valence-corrected chi connectivity index (χ0v) is 9.43. The third-order valence-corrected chi connectivity index (χ3v) is 2.81. The summed E-state index contributed by atoms with van der Waals surface area (Å²) in [6, 6.07) is 1.96. The van der Waals surface area contributed by atoms with Gasteiger partial charge in [0.2, 0.25) is 0 Å². The predicted molar refractivity (Wildman–Crippen MR) is 59.6 cm³/mol. The molecule has 0 fully saturated rings. The van der Waals surface area contributed by atoms with Gasteiger partial charge >= 0.3 is 0 Å². The Balaban J connectivity index is 2.07. The second-order valence-corrected chi connectivity index (χ2v) is 4.11. The van der Waals surface area contributed by atoms with E-state index in [1.807, 2.05) is 16.8 Å². The van der Waals surface area contributed by atoms with Crippen LogP contribution in [0.4, 0.5) is 0 Å². The lowest BCUT2D eigenvalue weighted by molar-refractivity contribution is 0.0806. The summed E-state index contributed by atoms with van der Waals surface area (Å²) in [6.07, 6.45) is 2.60. The van der Waals surface area contributed by atoms with E-state index in [1.54, 1.807) is 11.3 Å². The highest BCUT2D eigenvalue weighted by Crippen LogP contribution is 2.18. The fourth-order valence-corrected chi connectivity index (χ4v) is 1.88. The summed E-state index contributed by atoms with van der Waals surface area (Å²) in [6.45, 7) is 3.60. The molecule has 2 nitrogen and oxygen atoms in total. The Morgan fingerprint density at radius 2 is 2.36 bits per heavy atom. The molecular formula is C11H18O2S. The molecule has 14 heavy (non-hydrogen) atoms. The molecule has 0 radical (unpaired) electrons. The first-order valence-electron chi connectivity index (χ1n) is 5.12. The molecule has 1 unspecified atom stereocenters. The Bertz CT molecular complexity index is 221. The summed E-state index contributed by atoms with van der Waals surface area (Å²) < 4.78 is 5.39. The number of ether oxygens (including phenoxy) is 1. The van der Waals surface area contributed by atoms with Crippen molar-refractivity contribution in [2.45, 2.75) is 32.3 Å². The summed E-state index contributed by atoms with van der Waals surface area (Å²) >= 11 is 1.61. The van der Waals surface area contributed by atoms with Crippen molar-refractivity contribution in [1.29, 1.82) is 0 Å². The van der Waals surface area contributed by atoms with Crippen LogP contribution in [0, 0.1) is 0 Å². The van der Waals surface area contributed by atoms with Crippen LogP contribution in [0.1, 0.15) is 37.9 Å². The molecule has 1 atom stereocenters. The molecule has 1 N–H and O–H groups in total. The second kappa shape index (κ2) is 6.98. The topological polar surface area (TPSA) is 29.5 Å². The molecule has 0 spiro atoms. The van der Waals surface area contributed by atoms with Crippen molar-refractivity contribution in [3.63, 3.8) is 0 Å². The maximum absolute atomic E-state index is 9.69. The van der Waals surface area contributed by atoms with Crippen LogP contribution in [0.2, 0.25) is 0 Å². The number of aliphatic hydroxyl groups is 1. The summed E-state index contributed by atoms with van der Waals surface area (Å²) in [7, 11) is 0. The minimum atomic E-state index is -0.358. The van der Waals surface area contributed by atoms with Crippen molar-refractivity contribution >= 4 is 11.3 Å². The van der Waals surface area contributed by atoms with E-state index in [0.717, 1.165) is 25.0 Å². The van der Waals surface area contributed by atoms with E-state index in [0.29, 0.717) is 13.0 Å². The molecule has 1 aromatic rings. The van der Waals surface area contributed by atoms with Crippen molar-refractivity contribution < 1.29 is 9.84 Å². The zero-order valence-electron chi connectivity index (χ0n) is 8.61. The first-order chi connectivity index (χ1) is 6.84. The lowest BCUT2D eigenvalue weighted by atomic mass is 10.1. The van der Waals surface area contributed by atoms with E-state index < -0.39 is 0 Å². The maximum atomic E-state index is 9.69. The molecule has 0 aliphatic rings. The van der Waals surface area contributed by atoms with Crippen molar-refractivity contribution in [2.75, 3.05) is 13.2 Å². The highest BCUT2D eigenvalue weighted by Gasteiger charge is 2.06. The van der Waals surface area contributed by atoms with Crippen LogP contribution in [0.3, 0.4) is 0 Å². The third-order valence-electron chi connectivity index (χ3n) is 2.11. The second-order valence-electron chi connectivity index (χ2n) is 3.33. The molecule has 1 rings (SSSR count). The zero-order chi connectivity index (χ0) is 10.2. The first-order valence-corrected chi connectivity index (χ1v) is 6.06. The number of thiophene rings is 1. The minimum Gasteiger partial charge on any atom is -0.388 e. The van der Waals surface area contributed by atoms with Gasteiger partial charge < -0.3 is 9.84 Å². The van der Waals surface area contributed by atoms with Crippen molar-refractivity contribution in [3.05, 3.63) is 22.4 Å². The third kappa shape index (κ3) is 4.22. The smallest absolute Gasteiger partial charge is 0.0820 e. The highest BCUT2D eigenvalue weighted by molar-refractivity contribution is 7.07. The Morgan fingerprint density at radius 3 is 3.00 bits per heavy atom. The van der Waals surface area contributed by atoms with Gasteiger partial charge in [-0.25, -0.2) is 0 Å². The van der Waals surface area contributed by atoms with Crippen LogP contribution >= 0.6 is 11.3 Å². The van der Waals surface area contributed by atoms with Gasteiger partial charge in [-0.1, -0.05) is 13.3 Å². The highest BCUT2D eigenvalue weighted by atomic mass is 32.1. The molecule has 0 aliphatic carbocycles.